The van der Waals surface area contributed by atoms with E-state index in [9.17, 15) is 9.59 Å². The first-order chi connectivity index (χ1) is 8.31. The van der Waals surface area contributed by atoms with E-state index in [1.807, 2.05) is 0 Å². The number of thioether (sulfide) groups is 1. The molecule has 0 spiro atoms. The third kappa shape index (κ3) is 4.66. The predicted molar refractivity (Wildman–Crippen MR) is 74.7 cm³/mol. The first-order valence-electron chi connectivity index (χ1n) is 5.10. The number of carboxylic acids is 1. The largest absolute Gasteiger partial charge is 0.480 e. The second kappa shape index (κ2) is 6.19. The van der Waals surface area contributed by atoms with Crippen LogP contribution in [0.3, 0.4) is 0 Å². The smallest absolute Gasteiger partial charge is 0.319 e. The summed E-state index contributed by atoms with van der Waals surface area (Å²) in [4.78, 5) is 26.4. The number of carbonyl (C=O) groups is 2. The van der Waals surface area contributed by atoms with E-state index in [-0.39, 0.29) is 11.7 Å². The van der Waals surface area contributed by atoms with Gasteiger partial charge in [0.05, 0.1) is 5.75 Å². The number of aliphatic carboxylic acids is 1. The molecule has 1 aromatic rings. The zero-order valence-corrected chi connectivity index (χ0v) is 12.3. The van der Waals surface area contributed by atoms with Gasteiger partial charge in [0, 0.05) is 10.7 Å². The molecule has 0 atom stereocenters. The van der Waals surface area contributed by atoms with E-state index in [0.29, 0.717) is 5.82 Å². The molecule has 2 N–H and O–H groups in total. The van der Waals surface area contributed by atoms with Crippen LogP contribution >= 0.6 is 27.7 Å². The maximum absolute atomic E-state index is 11.6. The van der Waals surface area contributed by atoms with Gasteiger partial charge in [0.25, 0.3) is 0 Å². The number of hydrogen-bond donors (Lipinski definition) is 2. The van der Waals surface area contributed by atoms with E-state index in [1.54, 1.807) is 32.2 Å². The summed E-state index contributed by atoms with van der Waals surface area (Å²) in [6.07, 6.45) is 1.57. The van der Waals surface area contributed by atoms with Gasteiger partial charge >= 0.3 is 5.97 Å². The van der Waals surface area contributed by atoms with Crippen molar-refractivity contribution in [1.82, 2.24) is 4.98 Å². The van der Waals surface area contributed by atoms with Crippen molar-refractivity contribution in [3.63, 3.8) is 0 Å². The Hall–Kier alpha value is -1.08. The molecule has 0 saturated carbocycles. The van der Waals surface area contributed by atoms with E-state index in [1.165, 1.54) is 0 Å². The summed E-state index contributed by atoms with van der Waals surface area (Å²) in [5, 5.41) is 11.5. The molecule has 1 rings (SSSR count). The standard InChI is InChI=1S/C11H13BrN2O3S/c1-11(2,10(16)17)18-6-9(15)14-8-4-3-7(12)5-13-8/h3-5H,6H2,1-2H3,(H,16,17)(H,13,14,15). The molecule has 1 heterocycles. The molecule has 0 aliphatic heterocycles. The molecule has 0 saturated heterocycles. The topological polar surface area (TPSA) is 79.3 Å². The lowest BCUT2D eigenvalue weighted by Crippen LogP contribution is -2.29. The number of carboxylic acid groups (broad SMARTS) is 1. The lowest BCUT2D eigenvalue weighted by Gasteiger charge is -2.17. The monoisotopic (exact) mass is 332 g/mol. The maximum atomic E-state index is 11.6. The Morgan fingerprint density at radius 2 is 2.17 bits per heavy atom. The molecule has 18 heavy (non-hydrogen) atoms. The summed E-state index contributed by atoms with van der Waals surface area (Å²) in [6.45, 7) is 3.12. The van der Waals surface area contributed by atoms with Gasteiger partial charge in [-0.15, -0.1) is 11.8 Å². The first-order valence-corrected chi connectivity index (χ1v) is 6.88. The summed E-state index contributed by atoms with van der Waals surface area (Å²) in [6, 6.07) is 3.42. The first kappa shape index (κ1) is 15.0. The molecule has 0 radical (unpaired) electrons. The molecule has 7 heteroatoms. The molecule has 0 aliphatic rings. The number of anilines is 1. The average Bonchev–Trinajstić information content (AvgIpc) is 2.29. The second-order valence-corrected chi connectivity index (χ2v) is 6.53. The number of carbonyl (C=O) groups excluding carboxylic acids is 1. The summed E-state index contributed by atoms with van der Waals surface area (Å²) < 4.78 is -0.160. The van der Waals surface area contributed by atoms with Gasteiger partial charge in [0.1, 0.15) is 10.6 Å². The van der Waals surface area contributed by atoms with Crippen molar-refractivity contribution in [3.05, 3.63) is 22.8 Å². The van der Waals surface area contributed by atoms with Crippen molar-refractivity contribution in [1.29, 1.82) is 0 Å². The molecule has 98 valence electrons. The highest BCUT2D eigenvalue weighted by atomic mass is 79.9. The van der Waals surface area contributed by atoms with E-state index in [4.69, 9.17) is 5.11 Å². The third-order valence-corrected chi connectivity index (χ3v) is 3.85. The van der Waals surface area contributed by atoms with Crippen molar-refractivity contribution in [2.24, 2.45) is 0 Å². The highest BCUT2D eigenvalue weighted by Crippen LogP contribution is 2.24. The number of amides is 1. The minimum Gasteiger partial charge on any atom is -0.480 e. The summed E-state index contributed by atoms with van der Waals surface area (Å²) in [5.41, 5.74) is 0. The Bertz CT molecular complexity index is 448. The molecule has 1 aromatic heterocycles. The fourth-order valence-electron chi connectivity index (χ4n) is 0.936. The maximum Gasteiger partial charge on any atom is 0.319 e. The molecule has 0 aromatic carbocycles. The minimum absolute atomic E-state index is 0.0665. The predicted octanol–water partition coefficient (Wildman–Crippen LogP) is 2.38. The van der Waals surface area contributed by atoms with Crippen molar-refractivity contribution in [2.75, 3.05) is 11.1 Å². The van der Waals surface area contributed by atoms with Crippen LogP contribution in [0.5, 0.6) is 0 Å². The number of pyridine rings is 1. The highest BCUT2D eigenvalue weighted by Gasteiger charge is 2.28. The van der Waals surface area contributed by atoms with Crippen LogP contribution in [0.4, 0.5) is 5.82 Å². The highest BCUT2D eigenvalue weighted by molar-refractivity contribution is 9.10. The summed E-state index contributed by atoms with van der Waals surface area (Å²) in [7, 11) is 0. The van der Waals surface area contributed by atoms with Gasteiger partial charge < -0.3 is 10.4 Å². The van der Waals surface area contributed by atoms with Gasteiger partial charge in [0.15, 0.2) is 0 Å². The number of nitrogens with one attached hydrogen (secondary N) is 1. The Kier molecular flexibility index (Phi) is 5.15. The van der Waals surface area contributed by atoms with Gasteiger partial charge in [-0.1, -0.05) is 0 Å². The zero-order chi connectivity index (χ0) is 13.8. The van der Waals surface area contributed by atoms with Crippen molar-refractivity contribution in [3.8, 4) is 0 Å². The molecule has 0 fully saturated rings. The fraction of sp³-hybridized carbons (Fsp3) is 0.364. The van der Waals surface area contributed by atoms with Crippen LogP contribution in [-0.2, 0) is 9.59 Å². The minimum atomic E-state index is -0.982. The summed E-state index contributed by atoms with van der Waals surface area (Å²) >= 11 is 4.31. The quantitative estimate of drug-likeness (QED) is 0.865. The molecular formula is C11H13BrN2O3S. The average molecular weight is 333 g/mol. The van der Waals surface area contributed by atoms with Gasteiger partial charge in [0.2, 0.25) is 5.91 Å². The lowest BCUT2D eigenvalue weighted by atomic mass is 10.2. The van der Waals surface area contributed by atoms with Gasteiger partial charge in [-0.05, 0) is 41.9 Å². The Balaban J connectivity index is 2.48. The van der Waals surface area contributed by atoms with Crippen LogP contribution in [0.15, 0.2) is 22.8 Å². The van der Waals surface area contributed by atoms with E-state index in [2.05, 4.69) is 26.2 Å². The number of nitrogens with zero attached hydrogens (tertiary/aromatic N) is 1. The van der Waals surface area contributed by atoms with Crippen molar-refractivity contribution >= 4 is 45.4 Å². The lowest BCUT2D eigenvalue weighted by molar-refractivity contribution is -0.138. The van der Waals surface area contributed by atoms with Crippen LogP contribution in [0.1, 0.15) is 13.8 Å². The van der Waals surface area contributed by atoms with Gasteiger partial charge in [-0.3, -0.25) is 9.59 Å². The van der Waals surface area contributed by atoms with Crippen LogP contribution in [0.25, 0.3) is 0 Å². The van der Waals surface area contributed by atoms with Crippen LogP contribution in [-0.4, -0.2) is 32.5 Å². The number of aromatic nitrogens is 1. The van der Waals surface area contributed by atoms with E-state index < -0.39 is 10.7 Å². The Morgan fingerprint density at radius 1 is 1.50 bits per heavy atom. The number of halogens is 1. The number of rotatable bonds is 5. The van der Waals surface area contributed by atoms with Crippen LogP contribution in [0.2, 0.25) is 0 Å². The Morgan fingerprint density at radius 3 is 2.67 bits per heavy atom. The molecule has 0 bridgehead atoms. The third-order valence-electron chi connectivity index (χ3n) is 2.07. The molecule has 5 nitrogen and oxygen atoms in total. The molecule has 0 aliphatic carbocycles. The van der Waals surface area contributed by atoms with Crippen LogP contribution in [0, 0.1) is 0 Å². The number of hydrogen-bond acceptors (Lipinski definition) is 4. The van der Waals surface area contributed by atoms with Gasteiger partial charge in [-0.25, -0.2) is 4.98 Å². The molecule has 0 unspecified atom stereocenters. The molecule has 1 amide bonds. The van der Waals surface area contributed by atoms with Crippen molar-refractivity contribution in [2.45, 2.75) is 18.6 Å². The Labute approximate surface area is 117 Å². The summed E-state index contributed by atoms with van der Waals surface area (Å²) in [5.74, 6) is -0.708. The fourth-order valence-corrected chi connectivity index (χ4v) is 1.86. The SMILES string of the molecule is CC(C)(SCC(=O)Nc1ccc(Br)cn1)C(=O)O. The van der Waals surface area contributed by atoms with Gasteiger partial charge in [-0.2, -0.15) is 0 Å². The second-order valence-electron chi connectivity index (χ2n) is 4.01. The van der Waals surface area contributed by atoms with Crippen molar-refractivity contribution < 1.29 is 14.7 Å². The molecular weight excluding hydrogens is 320 g/mol. The normalized spacial score (nSPS) is 11.1. The van der Waals surface area contributed by atoms with E-state index in [0.717, 1.165) is 16.2 Å². The van der Waals surface area contributed by atoms with Crippen LogP contribution < -0.4 is 5.32 Å². The van der Waals surface area contributed by atoms with E-state index >= 15 is 0 Å². The zero-order valence-electron chi connectivity index (χ0n) is 9.94.